The van der Waals surface area contributed by atoms with E-state index in [2.05, 4.69) is 120 Å². The number of rotatable bonds is 14. The molecule has 0 aliphatic rings. The highest BCUT2D eigenvalue weighted by atomic mass is 16.5. The maximum absolute atomic E-state index is 5.88. The number of hydrogen-bond acceptors (Lipinski definition) is 2. The van der Waals surface area contributed by atoms with Crippen LogP contribution in [0.15, 0.2) is 109 Å². The Balaban J connectivity index is 1.07. The van der Waals surface area contributed by atoms with E-state index in [1.165, 1.54) is 22.3 Å². The van der Waals surface area contributed by atoms with Crippen LogP contribution in [0.4, 0.5) is 0 Å². The second-order valence-corrected chi connectivity index (χ2v) is 8.70. The molecular formula is C31H36N2O2+2. The van der Waals surface area contributed by atoms with Crippen LogP contribution in [0.3, 0.4) is 0 Å². The van der Waals surface area contributed by atoms with Crippen LogP contribution >= 0.6 is 0 Å². The summed E-state index contributed by atoms with van der Waals surface area (Å²) in [5.41, 5.74) is 5.31. The molecular weight excluding hydrogens is 432 g/mol. The molecule has 4 rings (SSSR count). The fourth-order valence-electron chi connectivity index (χ4n) is 3.92. The van der Waals surface area contributed by atoms with E-state index in [9.17, 15) is 0 Å². The first-order chi connectivity index (χ1) is 17.3. The third kappa shape index (κ3) is 8.93. The molecule has 4 N–H and O–H groups in total. The standard InChI is InChI=1S/C31H34N2O2/c1-3-8-26(9-4-1)22-32-24-28-12-16-30(17-13-28)34-20-7-21-35-31-18-14-29(15-19-31)25-33-23-27-10-5-2-6-11-27/h1-6,8-19,32-33H,7,20-25H2/p+2. The number of hydrogen-bond donors (Lipinski definition) is 2. The summed E-state index contributed by atoms with van der Waals surface area (Å²) in [6, 6.07) is 37.9. The largest absolute Gasteiger partial charge is 0.493 e. The molecule has 180 valence electrons. The van der Waals surface area contributed by atoms with Crippen molar-refractivity contribution in [2.45, 2.75) is 32.6 Å². The molecule has 4 aromatic rings. The van der Waals surface area contributed by atoms with Crippen LogP contribution in [0.5, 0.6) is 11.5 Å². The zero-order valence-corrected chi connectivity index (χ0v) is 20.3. The summed E-state index contributed by atoms with van der Waals surface area (Å²) in [4.78, 5) is 0. The third-order valence-corrected chi connectivity index (χ3v) is 5.88. The van der Waals surface area contributed by atoms with Gasteiger partial charge in [0, 0.05) is 28.7 Å². The number of quaternary nitrogens is 2. The zero-order chi connectivity index (χ0) is 24.0. The van der Waals surface area contributed by atoms with Crippen LogP contribution in [-0.2, 0) is 26.2 Å². The van der Waals surface area contributed by atoms with Crippen LogP contribution in [-0.4, -0.2) is 13.2 Å². The Labute approximate surface area is 208 Å². The van der Waals surface area contributed by atoms with Crippen molar-refractivity contribution in [2.24, 2.45) is 0 Å². The average molecular weight is 469 g/mol. The van der Waals surface area contributed by atoms with E-state index in [0.717, 1.165) is 44.1 Å². The first-order valence-electron chi connectivity index (χ1n) is 12.5. The maximum Gasteiger partial charge on any atom is 0.119 e. The van der Waals surface area contributed by atoms with Gasteiger partial charge in [-0.2, -0.15) is 0 Å². The van der Waals surface area contributed by atoms with Gasteiger partial charge in [0.25, 0.3) is 0 Å². The van der Waals surface area contributed by atoms with E-state index >= 15 is 0 Å². The molecule has 0 fully saturated rings. The number of nitrogens with two attached hydrogens (primary N) is 2. The highest BCUT2D eigenvalue weighted by Gasteiger charge is 2.01. The molecule has 0 amide bonds. The summed E-state index contributed by atoms with van der Waals surface area (Å²) in [6.45, 7) is 5.21. The van der Waals surface area contributed by atoms with E-state index in [1.807, 2.05) is 0 Å². The van der Waals surface area contributed by atoms with Crippen molar-refractivity contribution < 1.29 is 20.1 Å². The molecule has 4 heteroatoms. The van der Waals surface area contributed by atoms with Crippen molar-refractivity contribution in [3.8, 4) is 11.5 Å². The SMILES string of the molecule is c1ccc(C[NH2+]Cc2ccc(OCCCOc3ccc(C[NH2+]Cc4ccccc4)cc3)cc2)cc1. The minimum Gasteiger partial charge on any atom is -0.493 e. The third-order valence-electron chi connectivity index (χ3n) is 5.88. The van der Waals surface area contributed by atoms with Gasteiger partial charge in [-0.3, -0.25) is 0 Å². The molecule has 0 bridgehead atoms. The minimum absolute atomic E-state index is 0.645. The summed E-state index contributed by atoms with van der Waals surface area (Å²) >= 11 is 0. The topological polar surface area (TPSA) is 51.7 Å². The molecule has 0 saturated heterocycles. The molecule has 0 heterocycles. The molecule has 4 aromatic carbocycles. The lowest BCUT2D eigenvalue weighted by atomic mass is 10.2. The van der Waals surface area contributed by atoms with Crippen molar-refractivity contribution in [2.75, 3.05) is 13.2 Å². The van der Waals surface area contributed by atoms with Gasteiger partial charge in [-0.25, -0.2) is 0 Å². The Bertz CT molecular complexity index is 1010. The summed E-state index contributed by atoms with van der Waals surface area (Å²) in [5, 5.41) is 4.64. The van der Waals surface area contributed by atoms with E-state index in [-0.39, 0.29) is 0 Å². The van der Waals surface area contributed by atoms with E-state index < -0.39 is 0 Å². The van der Waals surface area contributed by atoms with Crippen LogP contribution in [0, 0.1) is 0 Å². The van der Waals surface area contributed by atoms with Gasteiger partial charge in [0.1, 0.15) is 37.7 Å². The van der Waals surface area contributed by atoms with Crippen LogP contribution in [0.1, 0.15) is 28.7 Å². The van der Waals surface area contributed by atoms with Crippen molar-refractivity contribution in [3.05, 3.63) is 131 Å². The predicted molar refractivity (Wildman–Crippen MR) is 140 cm³/mol. The van der Waals surface area contributed by atoms with Gasteiger partial charge in [-0.15, -0.1) is 0 Å². The van der Waals surface area contributed by atoms with Gasteiger partial charge in [-0.1, -0.05) is 60.7 Å². The van der Waals surface area contributed by atoms with Crippen LogP contribution in [0.25, 0.3) is 0 Å². The normalized spacial score (nSPS) is 10.7. The minimum atomic E-state index is 0.645. The quantitative estimate of drug-likeness (QED) is 0.274. The van der Waals surface area contributed by atoms with Gasteiger partial charge in [0.05, 0.1) is 13.2 Å². The predicted octanol–water partition coefficient (Wildman–Crippen LogP) is 4.06. The van der Waals surface area contributed by atoms with Gasteiger partial charge in [0.15, 0.2) is 0 Å². The second-order valence-electron chi connectivity index (χ2n) is 8.70. The molecule has 0 aromatic heterocycles. The van der Waals surface area contributed by atoms with Gasteiger partial charge < -0.3 is 20.1 Å². The summed E-state index contributed by atoms with van der Waals surface area (Å²) in [5.74, 6) is 1.82. The molecule has 0 spiro atoms. The molecule has 4 nitrogen and oxygen atoms in total. The highest BCUT2D eigenvalue weighted by molar-refractivity contribution is 5.27. The fourth-order valence-corrected chi connectivity index (χ4v) is 3.92. The highest BCUT2D eigenvalue weighted by Crippen LogP contribution is 2.14. The average Bonchev–Trinajstić information content (AvgIpc) is 2.91. The summed E-state index contributed by atoms with van der Waals surface area (Å²) in [7, 11) is 0. The smallest absolute Gasteiger partial charge is 0.119 e. The Morgan fingerprint density at radius 1 is 0.400 bits per heavy atom. The first kappa shape index (κ1) is 24.5. The Morgan fingerprint density at radius 2 is 0.743 bits per heavy atom. The van der Waals surface area contributed by atoms with Crippen molar-refractivity contribution >= 4 is 0 Å². The summed E-state index contributed by atoms with van der Waals surface area (Å²) in [6.07, 6.45) is 0.846. The molecule has 0 aliphatic heterocycles. The first-order valence-corrected chi connectivity index (χ1v) is 12.5. The van der Waals surface area contributed by atoms with Crippen LogP contribution in [0.2, 0.25) is 0 Å². The number of ether oxygens (including phenoxy) is 2. The Morgan fingerprint density at radius 3 is 1.11 bits per heavy atom. The Hall–Kier alpha value is -3.60. The second kappa shape index (κ2) is 14.0. The molecule has 0 atom stereocenters. The van der Waals surface area contributed by atoms with E-state index in [4.69, 9.17) is 9.47 Å². The number of benzene rings is 4. The Kier molecular flexibility index (Phi) is 9.77. The lowest BCUT2D eigenvalue weighted by Gasteiger charge is -2.09. The van der Waals surface area contributed by atoms with Gasteiger partial charge in [0.2, 0.25) is 0 Å². The maximum atomic E-state index is 5.88. The van der Waals surface area contributed by atoms with Crippen LogP contribution < -0.4 is 20.1 Å². The molecule has 35 heavy (non-hydrogen) atoms. The molecule has 0 unspecified atom stereocenters. The lowest BCUT2D eigenvalue weighted by molar-refractivity contribution is -0.686. The molecule has 0 aliphatic carbocycles. The zero-order valence-electron chi connectivity index (χ0n) is 20.3. The fraction of sp³-hybridized carbons (Fsp3) is 0.226. The van der Waals surface area contributed by atoms with Crippen molar-refractivity contribution in [1.29, 1.82) is 0 Å². The van der Waals surface area contributed by atoms with Crippen molar-refractivity contribution in [3.63, 3.8) is 0 Å². The summed E-state index contributed by atoms with van der Waals surface area (Å²) < 4.78 is 11.8. The van der Waals surface area contributed by atoms with Crippen molar-refractivity contribution in [1.82, 2.24) is 0 Å². The molecule has 0 radical (unpaired) electrons. The molecule has 0 saturated carbocycles. The monoisotopic (exact) mass is 468 g/mol. The van der Waals surface area contributed by atoms with Gasteiger partial charge in [-0.05, 0) is 48.5 Å². The lowest BCUT2D eigenvalue weighted by Crippen LogP contribution is -2.80. The van der Waals surface area contributed by atoms with E-state index in [1.54, 1.807) is 0 Å². The van der Waals surface area contributed by atoms with E-state index in [0.29, 0.717) is 13.2 Å². The van der Waals surface area contributed by atoms with Gasteiger partial charge >= 0.3 is 0 Å².